The van der Waals surface area contributed by atoms with Gasteiger partial charge in [-0.2, -0.15) is 5.10 Å². The van der Waals surface area contributed by atoms with Crippen molar-refractivity contribution in [3.8, 4) is 34.4 Å². The Bertz CT molecular complexity index is 1200. The summed E-state index contributed by atoms with van der Waals surface area (Å²) in [5.74, 6) is 1.97. The predicted molar refractivity (Wildman–Crippen MR) is 133 cm³/mol. The third-order valence-electron chi connectivity index (χ3n) is 4.68. The van der Waals surface area contributed by atoms with Gasteiger partial charge in [0.15, 0.2) is 34.0 Å². The van der Waals surface area contributed by atoms with Crippen LogP contribution in [0.1, 0.15) is 12.5 Å². The second-order valence-corrected chi connectivity index (χ2v) is 8.55. The number of carbonyl (C=O) groups excluding carboxylic acids is 1. The number of aromatic nitrogens is 3. The lowest BCUT2D eigenvalue weighted by atomic mass is 10.2. The lowest BCUT2D eigenvalue weighted by Gasteiger charge is -2.10. The molecule has 2 N–H and O–H groups in total. The fraction of sp³-hybridized carbons (Fsp3) is 0.273. The third-order valence-corrected chi connectivity index (χ3v) is 6.25. The van der Waals surface area contributed by atoms with Crippen LogP contribution >= 0.6 is 27.7 Å². The number of hydrogen-bond acceptors (Lipinski definition) is 9. The lowest BCUT2D eigenvalue weighted by molar-refractivity contribution is -0.118. The summed E-state index contributed by atoms with van der Waals surface area (Å²) in [5, 5.41) is 23.0. The number of methoxy groups -OCH3 is 3. The molecule has 34 heavy (non-hydrogen) atoms. The van der Waals surface area contributed by atoms with Gasteiger partial charge in [-0.1, -0.05) is 11.8 Å². The summed E-state index contributed by atoms with van der Waals surface area (Å²) in [6.45, 7) is 2.60. The molecular weight excluding hydrogens is 526 g/mol. The second-order valence-electron chi connectivity index (χ2n) is 6.76. The summed E-state index contributed by atoms with van der Waals surface area (Å²) in [7, 11) is 4.61. The van der Waals surface area contributed by atoms with Gasteiger partial charge in [0, 0.05) is 12.1 Å². The number of phenols is 1. The summed E-state index contributed by atoms with van der Waals surface area (Å²) in [6, 6.07) is 8.78. The van der Waals surface area contributed by atoms with Crippen molar-refractivity contribution >= 4 is 39.8 Å². The highest BCUT2D eigenvalue weighted by molar-refractivity contribution is 9.10. The fourth-order valence-corrected chi connectivity index (χ4v) is 4.29. The number of nitrogens with zero attached hydrogens (tertiary/aromatic N) is 4. The monoisotopic (exact) mass is 549 g/mol. The van der Waals surface area contributed by atoms with Crippen LogP contribution in [0.3, 0.4) is 0 Å². The van der Waals surface area contributed by atoms with Gasteiger partial charge < -0.3 is 23.9 Å². The number of nitrogens with one attached hydrogen (secondary N) is 1. The SMILES string of the molecule is CCn1c(SCC(=O)N/N=C\c2cc(Br)c(O)c(OC)c2)nnc1-c1ccc(OC)c(OC)c1. The summed E-state index contributed by atoms with van der Waals surface area (Å²) in [4.78, 5) is 12.3. The molecule has 10 nitrogen and oxygen atoms in total. The van der Waals surface area contributed by atoms with Crippen molar-refractivity contribution in [1.29, 1.82) is 0 Å². The number of rotatable bonds is 10. The van der Waals surface area contributed by atoms with E-state index in [0.717, 1.165) is 5.56 Å². The molecule has 2 aromatic carbocycles. The fourth-order valence-electron chi connectivity index (χ4n) is 3.03. The van der Waals surface area contributed by atoms with Gasteiger partial charge in [-0.3, -0.25) is 4.79 Å². The Morgan fingerprint density at radius 2 is 1.88 bits per heavy atom. The first-order valence-electron chi connectivity index (χ1n) is 10.1. The Balaban J connectivity index is 1.65. The van der Waals surface area contributed by atoms with Crippen LogP contribution in [-0.2, 0) is 11.3 Å². The van der Waals surface area contributed by atoms with Gasteiger partial charge in [0.25, 0.3) is 5.91 Å². The molecule has 1 aromatic heterocycles. The molecule has 180 valence electrons. The molecule has 3 aromatic rings. The van der Waals surface area contributed by atoms with E-state index < -0.39 is 0 Å². The van der Waals surface area contributed by atoms with Crippen LogP contribution in [0.25, 0.3) is 11.4 Å². The zero-order chi connectivity index (χ0) is 24.7. The van der Waals surface area contributed by atoms with E-state index in [-0.39, 0.29) is 17.4 Å². The van der Waals surface area contributed by atoms with E-state index in [4.69, 9.17) is 14.2 Å². The lowest BCUT2D eigenvalue weighted by Crippen LogP contribution is -2.20. The molecular formula is C22H24BrN5O5S. The van der Waals surface area contributed by atoms with E-state index in [1.807, 2.05) is 29.7 Å². The standard InChI is InChI=1S/C22H24BrN5O5S/c1-5-28-21(14-6-7-16(31-2)17(10-14)32-3)26-27-22(28)34-12-19(29)25-24-11-13-8-15(23)20(30)18(9-13)33-4/h6-11,30H,5,12H2,1-4H3,(H,25,29)/b24-11-. The number of aromatic hydroxyl groups is 1. The molecule has 0 unspecified atom stereocenters. The van der Waals surface area contributed by atoms with Crippen LogP contribution in [-0.4, -0.2) is 59.1 Å². The predicted octanol–water partition coefficient (Wildman–Crippen LogP) is 3.70. The zero-order valence-electron chi connectivity index (χ0n) is 19.0. The van der Waals surface area contributed by atoms with Crippen molar-refractivity contribution in [1.82, 2.24) is 20.2 Å². The molecule has 0 aliphatic heterocycles. The van der Waals surface area contributed by atoms with E-state index >= 15 is 0 Å². The minimum atomic E-state index is -0.302. The molecule has 1 amide bonds. The van der Waals surface area contributed by atoms with E-state index in [0.29, 0.717) is 44.8 Å². The largest absolute Gasteiger partial charge is 0.503 e. The maximum Gasteiger partial charge on any atom is 0.250 e. The van der Waals surface area contributed by atoms with Crippen molar-refractivity contribution in [2.75, 3.05) is 27.1 Å². The highest BCUT2D eigenvalue weighted by Gasteiger charge is 2.16. The Kier molecular flexibility index (Phi) is 8.77. The van der Waals surface area contributed by atoms with Crippen LogP contribution < -0.4 is 19.6 Å². The summed E-state index contributed by atoms with van der Waals surface area (Å²) in [5.41, 5.74) is 3.94. The molecule has 0 fully saturated rings. The van der Waals surface area contributed by atoms with Crippen molar-refractivity contribution in [3.63, 3.8) is 0 Å². The van der Waals surface area contributed by atoms with E-state index in [2.05, 4.69) is 36.7 Å². The molecule has 0 saturated heterocycles. The molecule has 0 radical (unpaired) electrons. The number of benzene rings is 2. The minimum absolute atomic E-state index is 0.00688. The quantitative estimate of drug-likeness (QED) is 0.223. The van der Waals surface area contributed by atoms with E-state index in [1.165, 1.54) is 25.1 Å². The summed E-state index contributed by atoms with van der Waals surface area (Å²) >= 11 is 4.50. The first kappa shape index (κ1) is 25.4. The number of amides is 1. The average Bonchev–Trinajstić information content (AvgIpc) is 3.27. The Labute approximate surface area is 209 Å². The maximum atomic E-state index is 12.3. The van der Waals surface area contributed by atoms with Crippen LogP contribution in [0.15, 0.2) is 45.1 Å². The van der Waals surface area contributed by atoms with Gasteiger partial charge in [0.05, 0.1) is 37.8 Å². The van der Waals surface area contributed by atoms with Gasteiger partial charge in [0.2, 0.25) is 0 Å². The molecule has 0 bridgehead atoms. The van der Waals surface area contributed by atoms with Crippen LogP contribution in [0.5, 0.6) is 23.0 Å². The van der Waals surface area contributed by atoms with Crippen LogP contribution in [0.2, 0.25) is 0 Å². The Morgan fingerprint density at radius 3 is 2.56 bits per heavy atom. The van der Waals surface area contributed by atoms with Crippen molar-refractivity contribution in [2.45, 2.75) is 18.6 Å². The number of thioether (sulfide) groups is 1. The Morgan fingerprint density at radius 1 is 1.15 bits per heavy atom. The maximum absolute atomic E-state index is 12.3. The molecule has 0 aliphatic rings. The first-order chi connectivity index (χ1) is 16.4. The van der Waals surface area contributed by atoms with Gasteiger partial charge in [-0.15, -0.1) is 10.2 Å². The normalized spacial score (nSPS) is 11.0. The zero-order valence-corrected chi connectivity index (χ0v) is 21.4. The van der Waals surface area contributed by atoms with Crippen molar-refractivity contribution in [2.24, 2.45) is 5.10 Å². The van der Waals surface area contributed by atoms with Crippen molar-refractivity contribution < 1.29 is 24.1 Å². The smallest absolute Gasteiger partial charge is 0.250 e. The van der Waals surface area contributed by atoms with Gasteiger partial charge >= 0.3 is 0 Å². The Hall–Kier alpha value is -3.25. The second kappa shape index (κ2) is 11.7. The molecule has 1 heterocycles. The molecule has 0 aliphatic carbocycles. The van der Waals surface area contributed by atoms with Crippen LogP contribution in [0.4, 0.5) is 0 Å². The number of hydrazone groups is 1. The number of hydrogen-bond donors (Lipinski definition) is 2. The molecule has 0 saturated carbocycles. The highest BCUT2D eigenvalue weighted by atomic mass is 79.9. The molecule has 0 spiro atoms. The number of ether oxygens (including phenoxy) is 3. The average molecular weight is 550 g/mol. The van der Waals surface area contributed by atoms with Gasteiger partial charge in [-0.25, -0.2) is 5.43 Å². The van der Waals surface area contributed by atoms with Crippen molar-refractivity contribution in [3.05, 3.63) is 40.4 Å². The highest BCUT2D eigenvalue weighted by Crippen LogP contribution is 2.35. The molecule has 12 heteroatoms. The third kappa shape index (κ3) is 5.81. The van der Waals surface area contributed by atoms with Gasteiger partial charge in [-0.05, 0) is 58.7 Å². The number of carbonyl (C=O) groups is 1. The van der Waals surface area contributed by atoms with Crippen LogP contribution in [0, 0.1) is 0 Å². The minimum Gasteiger partial charge on any atom is -0.503 e. The van der Waals surface area contributed by atoms with E-state index in [1.54, 1.807) is 26.4 Å². The number of phenolic OH excluding ortho intramolecular Hbond substituents is 1. The van der Waals surface area contributed by atoms with Gasteiger partial charge in [0.1, 0.15) is 0 Å². The summed E-state index contributed by atoms with van der Waals surface area (Å²) in [6.07, 6.45) is 1.46. The summed E-state index contributed by atoms with van der Waals surface area (Å²) < 4.78 is 18.1. The topological polar surface area (TPSA) is 120 Å². The number of halogens is 1. The molecule has 3 rings (SSSR count). The van der Waals surface area contributed by atoms with E-state index in [9.17, 15) is 9.90 Å². The first-order valence-corrected chi connectivity index (χ1v) is 11.9. The molecule has 0 atom stereocenters.